The van der Waals surface area contributed by atoms with Gasteiger partial charge in [-0.25, -0.2) is 0 Å². The van der Waals surface area contributed by atoms with Gasteiger partial charge in [0.25, 0.3) is 11.6 Å². The second-order valence-electron chi connectivity index (χ2n) is 5.25. The number of amides is 1. The number of hydrogen-bond acceptors (Lipinski definition) is 4. The van der Waals surface area contributed by atoms with Gasteiger partial charge in [-0.3, -0.25) is 14.9 Å². The second kappa shape index (κ2) is 7.51. The van der Waals surface area contributed by atoms with Gasteiger partial charge in [0.05, 0.1) is 11.5 Å². The summed E-state index contributed by atoms with van der Waals surface area (Å²) in [6, 6.07) is 13.7. The molecule has 0 atom stereocenters. The van der Waals surface area contributed by atoms with E-state index in [0.717, 1.165) is 5.56 Å². The van der Waals surface area contributed by atoms with E-state index in [1.165, 1.54) is 17.0 Å². The fraction of sp³-hybridized carbons (Fsp3) is 0.235. The molecule has 2 aromatic carbocycles. The van der Waals surface area contributed by atoms with Gasteiger partial charge in [0, 0.05) is 30.8 Å². The lowest BCUT2D eigenvalue weighted by atomic mass is 10.1. The molecule has 0 radical (unpaired) electrons. The van der Waals surface area contributed by atoms with Crippen LogP contribution in [0.4, 0.5) is 5.69 Å². The van der Waals surface area contributed by atoms with E-state index in [0.29, 0.717) is 12.1 Å². The first-order valence-corrected chi connectivity index (χ1v) is 7.21. The van der Waals surface area contributed by atoms with Gasteiger partial charge in [-0.2, -0.15) is 0 Å². The highest BCUT2D eigenvalue weighted by Crippen LogP contribution is 2.19. The molecule has 23 heavy (non-hydrogen) atoms. The van der Waals surface area contributed by atoms with Crippen LogP contribution in [-0.2, 0) is 6.54 Å². The Kier molecular flexibility index (Phi) is 5.43. The number of nitro benzene ring substituents is 1. The number of aryl methyl sites for hydroxylation is 1. The van der Waals surface area contributed by atoms with Crippen LogP contribution in [-0.4, -0.2) is 34.0 Å². The lowest BCUT2D eigenvalue weighted by Crippen LogP contribution is -2.33. The maximum Gasteiger partial charge on any atom is 0.270 e. The molecule has 0 aliphatic carbocycles. The molecule has 0 aromatic heterocycles. The quantitative estimate of drug-likeness (QED) is 0.656. The lowest BCUT2D eigenvalue weighted by molar-refractivity contribution is -0.384. The average molecular weight is 314 g/mol. The largest absolute Gasteiger partial charge is 0.395 e. The summed E-state index contributed by atoms with van der Waals surface area (Å²) in [4.78, 5) is 24.6. The molecule has 0 bridgehead atoms. The van der Waals surface area contributed by atoms with Gasteiger partial charge in [-0.05, 0) is 24.1 Å². The van der Waals surface area contributed by atoms with E-state index in [9.17, 15) is 20.0 Å². The maximum atomic E-state index is 12.7. The van der Waals surface area contributed by atoms with Crippen molar-refractivity contribution in [2.75, 3.05) is 13.2 Å². The molecule has 2 aromatic rings. The van der Waals surface area contributed by atoms with E-state index in [-0.39, 0.29) is 30.3 Å². The van der Waals surface area contributed by atoms with Crippen molar-refractivity contribution in [1.82, 2.24) is 4.90 Å². The molecule has 0 unspecified atom stereocenters. The summed E-state index contributed by atoms with van der Waals surface area (Å²) in [6.45, 7) is 2.03. The zero-order valence-electron chi connectivity index (χ0n) is 12.8. The first-order valence-electron chi connectivity index (χ1n) is 7.21. The highest BCUT2D eigenvalue weighted by molar-refractivity contribution is 5.95. The highest BCUT2D eigenvalue weighted by atomic mass is 16.6. The van der Waals surface area contributed by atoms with E-state index in [4.69, 9.17) is 0 Å². The van der Waals surface area contributed by atoms with Crippen molar-refractivity contribution in [1.29, 1.82) is 0 Å². The molecule has 0 spiro atoms. The third kappa shape index (κ3) is 4.37. The van der Waals surface area contributed by atoms with Crippen molar-refractivity contribution >= 4 is 11.6 Å². The molecular weight excluding hydrogens is 296 g/mol. The number of hydrogen-bond donors (Lipinski definition) is 1. The molecule has 0 saturated carbocycles. The van der Waals surface area contributed by atoms with Crippen molar-refractivity contribution in [3.63, 3.8) is 0 Å². The predicted molar refractivity (Wildman–Crippen MR) is 86.1 cm³/mol. The Labute approximate surface area is 134 Å². The van der Waals surface area contributed by atoms with Gasteiger partial charge in [0.1, 0.15) is 0 Å². The number of benzene rings is 2. The third-order valence-electron chi connectivity index (χ3n) is 3.39. The van der Waals surface area contributed by atoms with E-state index in [1.807, 2.05) is 30.3 Å². The molecule has 6 heteroatoms. The Morgan fingerprint density at radius 2 is 1.91 bits per heavy atom. The third-order valence-corrected chi connectivity index (χ3v) is 3.39. The Morgan fingerprint density at radius 3 is 2.52 bits per heavy atom. The Balaban J connectivity index is 2.29. The van der Waals surface area contributed by atoms with Crippen LogP contribution < -0.4 is 0 Å². The summed E-state index contributed by atoms with van der Waals surface area (Å²) in [5.41, 5.74) is 1.71. The summed E-state index contributed by atoms with van der Waals surface area (Å²) < 4.78 is 0. The zero-order chi connectivity index (χ0) is 16.8. The van der Waals surface area contributed by atoms with Crippen LogP contribution in [0, 0.1) is 17.0 Å². The second-order valence-corrected chi connectivity index (χ2v) is 5.25. The average Bonchev–Trinajstić information content (AvgIpc) is 2.54. The molecule has 0 fully saturated rings. The lowest BCUT2D eigenvalue weighted by Gasteiger charge is -2.22. The van der Waals surface area contributed by atoms with Crippen molar-refractivity contribution in [2.24, 2.45) is 0 Å². The molecular formula is C17H18N2O4. The zero-order valence-corrected chi connectivity index (χ0v) is 12.8. The van der Waals surface area contributed by atoms with E-state index < -0.39 is 4.92 Å². The van der Waals surface area contributed by atoms with Gasteiger partial charge in [0.15, 0.2) is 0 Å². The highest BCUT2D eigenvalue weighted by Gasteiger charge is 2.19. The van der Waals surface area contributed by atoms with Gasteiger partial charge in [0.2, 0.25) is 0 Å². The fourth-order valence-electron chi connectivity index (χ4n) is 2.35. The predicted octanol–water partition coefficient (Wildman–Crippen LogP) is 2.54. The van der Waals surface area contributed by atoms with Crippen LogP contribution in [0.3, 0.4) is 0 Å². The van der Waals surface area contributed by atoms with Crippen LogP contribution in [0.15, 0.2) is 48.5 Å². The van der Waals surface area contributed by atoms with Crippen molar-refractivity contribution in [2.45, 2.75) is 13.5 Å². The van der Waals surface area contributed by atoms with E-state index >= 15 is 0 Å². The van der Waals surface area contributed by atoms with E-state index in [2.05, 4.69) is 0 Å². The summed E-state index contributed by atoms with van der Waals surface area (Å²) in [5, 5.41) is 20.2. The number of carbonyl (C=O) groups is 1. The maximum absolute atomic E-state index is 12.7. The smallest absolute Gasteiger partial charge is 0.270 e. The molecule has 2 rings (SSSR count). The van der Waals surface area contributed by atoms with Gasteiger partial charge in [-0.15, -0.1) is 0 Å². The van der Waals surface area contributed by atoms with Crippen molar-refractivity contribution in [3.05, 3.63) is 75.3 Å². The Hall–Kier alpha value is -2.73. The molecule has 0 aliphatic rings. The number of nitrogens with zero attached hydrogens (tertiary/aromatic N) is 2. The number of nitro groups is 1. The summed E-state index contributed by atoms with van der Waals surface area (Å²) in [5.74, 6) is -0.338. The van der Waals surface area contributed by atoms with Gasteiger partial charge < -0.3 is 10.0 Å². The first-order chi connectivity index (χ1) is 11.0. The molecule has 0 aliphatic heterocycles. The Bertz CT molecular complexity index is 701. The monoisotopic (exact) mass is 314 g/mol. The van der Waals surface area contributed by atoms with Crippen LogP contribution in [0.5, 0.6) is 0 Å². The molecule has 0 saturated heterocycles. The summed E-state index contributed by atoms with van der Waals surface area (Å²) in [7, 11) is 0. The minimum absolute atomic E-state index is 0.114. The number of carbonyl (C=O) groups excluding carboxylic acids is 1. The summed E-state index contributed by atoms with van der Waals surface area (Å²) in [6.07, 6.45) is 0. The minimum atomic E-state index is -0.517. The molecule has 120 valence electrons. The number of aliphatic hydroxyl groups is 1. The van der Waals surface area contributed by atoms with Crippen LogP contribution in [0.1, 0.15) is 21.5 Å². The Morgan fingerprint density at radius 1 is 1.22 bits per heavy atom. The normalized spacial score (nSPS) is 10.3. The van der Waals surface area contributed by atoms with Gasteiger partial charge >= 0.3 is 0 Å². The standard InChI is InChI=1S/C17H18N2O4/c1-13-9-15(11-16(10-13)19(22)23)17(21)18(7-8-20)12-14-5-3-2-4-6-14/h2-6,9-11,20H,7-8,12H2,1H3. The molecule has 0 heterocycles. The van der Waals surface area contributed by atoms with Crippen molar-refractivity contribution in [3.8, 4) is 0 Å². The molecule has 1 N–H and O–H groups in total. The first kappa shape index (κ1) is 16.6. The summed E-state index contributed by atoms with van der Waals surface area (Å²) >= 11 is 0. The topological polar surface area (TPSA) is 83.7 Å². The van der Waals surface area contributed by atoms with Crippen LogP contribution >= 0.6 is 0 Å². The molecule has 1 amide bonds. The van der Waals surface area contributed by atoms with Gasteiger partial charge in [-0.1, -0.05) is 30.3 Å². The van der Waals surface area contributed by atoms with Crippen LogP contribution in [0.25, 0.3) is 0 Å². The van der Waals surface area contributed by atoms with Crippen LogP contribution in [0.2, 0.25) is 0 Å². The molecule has 6 nitrogen and oxygen atoms in total. The number of non-ortho nitro benzene ring substituents is 1. The fourth-order valence-corrected chi connectivity index (χ4v) is 2.35. The minimum Gasteiger partial charge on any atom is -0.395 e. The van der Waals surface area contributed by atoms with E-state index in [1.54, 1.807) is 13.0 Å². The SMILES string of the molecule is Cc1cc(C(=O)N(CCO)Cc2ccccc2)cc([N+](=O)[O-])c1. The van der Waals surface area contributed by atoms with Crippen molar-refractivity contribution < 1.29 is 14.8 Å². The number of aliphatic hydroxyl groups excluding tert-OH is 1. The number of rotatable bonds is 6.